The second kappa shape index (κ2) is 8.77. The first-order chi connectivity index (χ1) is 10.8. The van der Waals surface area contributed by atoms with Crippen LogP contribution >= 0.6 is 0 Å². The molecule has 0 bridgehead atoms. The largest absolute Gasteiger partial charge is 0.508 e. The lowest BCUT2D eigenvalue weighted by molar-refractivity contribution is -0.142. The summed E-state index contributed by atoms with van der Waals surface area (Å²) in [4.78, 5) is 34.5. The predicted octanol–water partition coefficient (Wildman–Crippen LogP) is 1.73. The minimum absolute atomic E-state index is 0.0548. The van der Waals surface area contributed by atoms with Crippen molar-refractivity contribution >= 4 is 23.5 Å². The van der Waals surface area contributed by atoms with Crippen LogP contribution in [-0.2, 0) is 14.4 Å². The van der Waals surface area contributed by atoms with Gasteiger partial charge in [0.15, 0.2) is 0 Å². The molecule has 0 aliphatic carbocycles. The van der Waals surface area contributed by atoms with Crippen molar-refractivity contribution in [2.45, 2.75) is 39.2 Å². The number of benzene rings is 1. The SMILES string of the molecule is CC(C)CC(NC(=O)CCC(=O)Nc1ccc(O)cc1)C(=O)O. The normalized spacial score (nSPS) is 11.8. The Morgan fingerprint density at radius 3 is 2.13 bits per heavy atom. The Labute approximate surface area is 134 Å². The van der Waals surface area contributed by atoms with Gasteiger partial charge < -0.3 is 20.8 Å². The van der Waals surface area contributed by atoms with Crippen molar-refractivity contribution in [1.82, 2.24) is 5.32 Å². The quantitative estimate of drug-likeness (QED) is 0.544. The molecule has 1 unspecified atom stereocenters. The molecule has 7 heteroatoms. The second-order valence-corrected chi connectivity index (χ2v) is 5.68. The van der Waals surface area contributed by atoms with Crippen molar-refractivity contribution in [2.75, 3.05) is 5.32 Å². The van der Waals surface area contributed by atoms with Gasteiger partial charge in [0.1, 0.15) is 11.8 Å². The number of amides is 2. The molecule has 23 heavy (non-hydrogen) atoms. The lowest BCUT2D eigenvalue weighted by atomic mass is 10.0. The van der Waals surface area contributed by atoms with E-state index in [0.29, 0.717) is 12.1 Å². The van der Waals surface area contributed by atoms with E-state index in [0.717, 1.165) is 0 Å². The first-order valence-electron chi connectivity index (χ1n) is 7.39. The molecule has 0 heterocycles. The number of carbonyl (C=O) groups is 3. The average molecular weight is 322 g/mol. The summed E-state index contributed by atoms with van der Waals surface area (Å²) in [5.74, 6) is -1.69. The molecule has 7 nitrogen and oxygen atoms in total. The first kappa shape index (κ1) is 18.5. The predicted molar refractivity (Wildman–Crippen MR) is 85.0 cm³/mol. The number of nitrogens with one attached hydrogen (secondary N) is 2. The number of hydrogen-bond acceptors (Lipinski definition) is 4. The Morgan fingerprint density at radius 1 is 1.04 bits per heavy atom. The van der Waals surface area contributed by atoms with Crippen molar-refractivity contribution in [2.24, 2.45) is 5.92 Å². The van der Waals surface area contributed by atoms with Crippen LogP contribution in [0.25, 0.3) is 0 Å². The van der Waals surface area contributed by atoms with Gasteiger partial charge in [-0.05, 0) is 36.6 Å². The average Bonchev–Trinajstić information content (AvgIpc) is 2.46. The third kappa shape index (κ3) is 7.30. The zero-order valence-electron chi connectivity index (χ0n) is 13.2. The standard InChI is InChI=1S/C16H22N2O5/c1-10(2)9-13(16(22)23)18-15(21)8-7-14(20)17-11-3-5-12(19)6-4-11/h3-6,10,13,19H,7-9H2,1-2H3,(H,17,20)(H,18,21)(H,22,23). The van der Waals surface area contributed by atoms with Gasteiger partial charge in [0.25, 0.3) is 0 Å². The number of aliphatic carboxylic acids is 1. The molecule has 4 N–H and O–H groups in total. The number of aromatic hydroxyl groups is 1. The molecule has 0 aliphatic heterocycles. The van der Waals surface area contributed by atoms with Gasteiger partial charge in [-0.1, -0.05) is 13.8 Å². The van der Waals surface area contributed by atoms with E-state index in [9.17, 15) is 14.4 Å². The van der Waals surface area contributed by atoms with E-state index in [4.69, 9.17) is 10.2 Å². The maximum Gasteiger partial charge on any atom is 0.326 e. The molecule has 0 aliphatic rings. The van der Waals surface area contributed by atoms with E-state index in [1.54, 1.807) is 0 Å². The number of anilines is 1. The van der Waals surface area contributed by atoms with Crippen LogP contribution in [0.5, 0.6) is 5.75 Å². The fourth-order valence-corrected chi connectivity index (χ4v) is 1.95. The Bertz CT molecular complexity index is 554. The monoisotopic (exact) mass is 322 g/mol. The van der Waals surface area contributed by atoms with Crippen molar-refractivity contribution in [3.05, 3.63) is 24.3 Å². The van der Waals surface area contributed by atoms with E-state index in [2.05, 4.69) is 10.6 Å². The molecule has 0 fully saturated rings. The Kier molecular flexibility index (Phi) is 7.05. The molecule has 1 aromatic rings. The highest BCUT2D eigenvalue weighted by Crippen LogP contribution is 2.14. The molecule has 1 atom stereocenters. The van der Waals surface area contributed by atoms with Crippen molar-refractivity contribution < 1.29 is 24.6 Å². The lowest BCUT2D eigenvalue weighted by Gasteiger charge is -2.16. The highest BCUT2D eigenvalue weighted by molar-refractivity contribution is 5.93. The minimum atomic E-state index is -1.08. The van der Waals surface area contributed by atoms with Crippen molar-refractivity contribution in [1.29, 1.82) is 0 Å². The van der Waals surface area contributed by atoms with Gasteiger partial charge in [-0.15, -0.1) is 0 Å². The molecule has 0 spiro atoms. The van der Waals surface area contributed by atoms with E-state index in [-0.39, 0.29) is 30.4 Å². The molecule has 0 saturated carbocycles. The van der Waals surface area contributed by atoms with Gasteiger partial charge in [-0.2, -0.15) is 0 Å². The summed E-state index contributed by atoms with van der Waals surface area (Å²) in [6.45, 7) is 3.74. The second-order valence-electron chi connectivity index (χ2n) is 5.68. The van der Waals surface area contributed by atoms with Gasteiger partial charge in [0, 0.05) is 18.5 Å². The maximum absolute atomic E-state index is 11.8. The summed E-state index contributed by atoms with van der Waals surface area (Å²) in [6.07, 6.45) is 0.188. The summed E-state index contributed by atoms with van der Waals surface area (Å²) >= 11 is 0. The summed E-state index contributed by atoms with van der Waals surface area (Å²) in [7, 11) is 0. The number of carboxylic acid groups (broad SMARTS) is 1. The van der Waals surface area contributed by atoms with E-state index in [1.807, 2.05) is 13.8 Å². The molecule has 2 amide bonds. The molecule has 0 aromatic heterocycles. The zero-order valence-corrected chi connectivity index (χ0v) is 13.2. The lowest BCUT2D eigenvalue weighted by Crippen LogP contribution is -2.41. The topological polar surface area (TPSA) is 116 Å². The molecule has 0 radical (unpaired) electrons. The van der Waals surface area contributed by atoms with Gasteiger partial charge in [-0.3, -0.25) is 9.59 Å². The van der Waals surface area contributed by atoms with Gasteiger partial charge in [0.05, 0.1) is 0 Å². The number of phenolic OH excluding ortho intramolecular Hbond substituents is 1. The van der Waals surface area contributed by atoms with Crippen LogP contribution in [0, 0.1) is 5.92 Å². The van der Waals surface area contributed by atoms with Crippen LogP contribution in [0.2, 0.25) is 0 Å². The smallest absolute Gasteiger partial charge is 0.326 e. The van der Waals surface area contributed by atoms with Crippen molar-refractivity contribution in [3.8, 4) is 5.75 Å². The van der Waals surface area contributed by atoms with E-state index >= 15 is 0 Å². The van der Waals surface area contributed by atoms with Crippen LogP contribution in [0.1, 0.15) is 33.1 Å². The number of phenols is 1. The highest BCUT2D eigenvalue weighted by Gasteiger charge is 2.21. The van der Waals surface area contributed by atoms with Gasteiger partial charge in [0.2, 0.25) is 11.8 Å². The number of carboxylic acids is 1. The Balaban J connectivity index is 2.40. The summed E-state index contributed by atoms with van der Waals surface area (Å²) in [5.41, 5.74) is 0.511. The zero-order chi connectivity index (χ0) is 17.4. The van der Waals surface area contributed by atoms with E-state index in [1.165, 1.54) is 24.3 Å². The molecule has 1 aromatic carbocycles. The highest BCUT2D eigenvalue weighted by atomic mass is 16.4. The molecular formula is C16H22N2O5. The number of carbonyl (C=O) groups excluding carboxylic acids is 2. The van der Waals surface area contributed by atoms with E-state index < -0.39 is 17.9 Å². The van der Waals surface area contributed by atoms with Crippen LogP contribution < -0.4 is 10.6 Å². The third-order valence-electron chi connectivity index (χ3n) is 3.07. The fraction of sp³-hybridized carbons (Fsp3) is 0.438. The Morgan fingerprint density at radius 2 is 1.61 bits per heavy atom. The van der Waals surface area contributed by atoms with Gasteiger partial charge in [-0.25, -0.2) is 4.79 Å². The summed E-state index contributed by atoms with van der Waals surface area (Å²) < 4.78 is 0. The summed E-state index contributed by atoms with van der Waals surface area (Å²) in [6, 6.07) is 5.01. The molecule has 1 rings (SSSR count). The third-order valence-corrected chi connectivity index (χ3v) is 3.07. The molecular weight excluding hydrogens is 300 g/mol. The maximum atomic E-state index is 11.8. The molecule has 0 saturated heterocycles. The van der Waals surface area contributed by atoms with Crippen molar-refractivity contribution in [3.63, 3.8) is 0 Å². The van der Waals surface area contributed by atoms with Gasteiger partial charge >= 0.3 is 5.97 Å². The number of hydrogen-bond donors (Lipinski definition) is 4. The van der Waals surface area contributed by atoms with Crippen LogP contribution in [0.4, 0.5) is 5.69 Å². The first-order valence-corrected chi connectivity index (χ1v) is 7.39. The molecule has 126 valence electrons. The van der Waals surface area contributed by atoms with Crippen LogP contribution in [0.3, 0.4) is 0 Å². The van der Waals surface area contributed by atoms with Crippen LogP contribution in [0.15, 0.2) is 24.3 Å². The number of rotatable bonds is 8. The fourth-order valence-electron chi connectivity index (χ4n) is 1.95. The minimum Gasteiger partial charge on any atom is -0.508 e. The van der Waals surface area contributed by atoms with Crippen LogP contribution in [-0.4, -0.2) is 34.0 Å². The Hall–Kier alpha value is -2.57. The summed E-state index contributed by atoms with van der Waals surface area (Å²) in [5, 5.41) is 23.2.